The fourth-order valence-electron chi connectivity index (χ4n) is 3.68. The molecule has 31 heavy (non-hydrogen) atoms. The van der Waals surface area contributed by atoms with Crippen LogP contribution in [0.3, 0.4) is 0 Å². The minimum absolute atomic E-state index is 0.229. The van der Waals surface area contributed by atoms with Crippen molar-refractivity contribution in [3.63, 3.8) is 0 Å². The van der Waals surface area contributed by atoms with Gasteiger partial charge in [0, 0.05) is 31.4 Å². The third kappa shape index (κ3) is 5.87. The van der Waals surface area contributed by atoms with E-state index in [9.17, 15) is 0 Å². The van der Waals surface area contributed by atoms with Gasteiger partial charge in [-0.3, -0.25) is 9.67 Å². The molecule has 1 unspecified atom stereocenters. The summed E-state index contributed by atoms with van der Waals surface area (Å²) in [5.74, 6) is 1.65. The van der Waals surface area contributed by atoms with Crippen LogP contribution in [0.25, 0.3) is 11.1 Å². The van der Waals surface area contributed by atoms with Crippen molar-refractivity contribution in [3.8, 4) is 16.9 Å². The molecule has 2 aromatic carbocycles. The van der Waals surface area contributed by atoms with Gasteiger partial charge in [0.25, 0.3) is 0 Å². The Kier molecular flexibility index (Phi) is 7.70. The molecule has 0 aliphatic carbocycles. The summed E-state index contributed by atoms with van der Waals surface area (Å²) in [6, 6.07) is 18.7. The fourth-order valence-corrected chi connectivity index (χ4v) is 3.68. The van der Waals surface area contributed by atoms with Crippen molar-refractivity contribution < 1.29 is 4.74 Å². The highest BCUT2D eigenvalue weighted by atomic mass is 16.5. The van der Waals surface area contributed by atoms with E-state index in [4.69, 9.17) is 4.74 Å². The molecule has 1 heterocycles. The second-order valence-electron chi connectivity index (χ2n) is 7.73. The second kappa shape index (κ2) is 10.7. The van der Waals surface area contributed by atoms with Gasteiger partial charge in [0.05, 0.1) is 12.2 Å². The highest BCUT2D eigenvalue weighted by Gasteiger charge is 2.14. The monoisotopic (exact) mass is 419 g/mol. The molecule has 0 bridgehead atoms. The van der Waals surface area contributed by atoms with Crippen molar-refractivity contribution in [3.05, 3.63) is 71.5 Å². The lowest BCUT2D eigenvalue weighted by Crippen LogP contribution is -2.44. The first-order valence-electron chi connectivity index (χ1n) is 10.7. The number of rotatable bonds is 8. The number of nitrogens with one attached hydrogen (secondary N) is 2. The summed E-state index contributed by atoms with van der Waals surface area (Å²) in [7, 11) is 3.77. The Hall–Kier alpha value is -3.28. The van der Waals surface area contributed by atoms with Gasteiger partial charge in [0.1, 0.15) is 12.4 Å². The van der Waals surface area contributed by atoms with Crippen LogP contribution in [-0.2, 0) is 13.5 Å². The SMILES string of the molecule is CN=C(NCCOc1ccccc1-c1ccccc1)NC(C)Cc1c(C)nn(C)c1C. The Labute approximate surface area is 185 Å². The first-order valence-corrected chi connectivity index (χ1v) is 10.7. The zero-order valence-corrected chi connectivity index (χ0v) is 19.1. The van der Waals surface area contributed by atoms with Gasteiger partial charge in [-0.1, -0.05) is 48.5 Å². The van der Waals surface area contributed by atoms with E-state index < -0.39 is 0 Å². The van der Waals surface area contributed by atoms with Crippen LogP contribution in [0, 0.1) is 13.8 Å². The first-order chi connectivity index (χ1) is 15.0. The second-order valence-corrected chi connectivity index (χ2v) is 7.73. The standard InChI is InChI=1S/C25H33N5O/c1-18(17-23-19(2)29-30(5)20(23)3)28-25(26-4)27-15-16-31-24-14-10-9-13-22(24)21-11-7-6-8-12-21/h6-14,18H,15-17H2,1-5H3,(H2,26,27,28). The third-order valence-corrected chi connectivity index (χ3v) is 5.40. The summed E-state index contributed by atoms with van der Waals surface area (Å²) < 4.78 is 8.00. The van der Waals surface area contributed by atoms with Crippen LogP contribution >= 0.6 is 0 Å². The van der Waals surface area contributed by atoms with E-state index >= 15 is 0 Å². The summed E-state index contributed by atoms with van der Waals surface area (Å²) in [6.45, 7) is 7.53. The van der Waals surface area contributed by atoms with Crippen LogP contribution in [0.4, 0.5) is 0 Å². The molecule has 3 aromatic rings. The molecule has 0 aliphatic heterocycles. The summed E-state index contributed by atoms with van der Waals surface area (Å²) in [5, 5.41) is 11.3. The van der Waals surface area contributed by atoms with Crippen LogP contribution in [0.2, 0.25) is 0 Å². The van der Waals surface area contributed by atoms with Gasteiger partial charge in [-0.2, -0.15) is 5.10 Å². The quantitative estimate of drug-likeness (QED) is 0.330. The first kappa shape index (κ1) is 22.4. The van der Waals surface area contributed by atoms with Gasteiger partial charge in [-0.05, 0) is 44.4 Å². The minimum Gasteiger partial charge on any atom is -0.491 e. The number of aromatic nitrogens is 2. The Morgan fingerprint density at radius 1 is 1.10 bits per heavy atom. The van der Waals surface area contributed by atoms with Gasteiger partial charge in [-0.15, -0.1) is 0 Å². The molecule has 0 saturated heterocycles. The van der Waals surface area contributed by atoms with Gasteiger partial charge in [0.2, 0.25) is 0 Å². The predicted molar refractivity (Wildman–Crippen MR) is 128 cm³/mol. The van der Waals surface area contributed by atoms with Crippen molar-refractivity contribution in [2.45, 2.75) is 33.2 Å². The zero-order chi connectivity index (χ0) is 22.2. The molecule has 0 aliphatic rings. The maximum Gasteiger partial charge on any atom is 0.191 e. The molecule has 164 valence electrons. The number of benzene rings is 2. The summed E-state index contributed by atoms with van der Waals surface area (Å²) >= 11 is 0. The van der Waals surface area contributed by atoms with Crippen LogP contribution in [0.1, 0.15) is 23.9 Å². The molecule has 0 spiro atoms. The van der Waals surface area contributed by atoms with E-state index in [2.05, 4.69) is 59.7 Å². The number of ether oxygens (including phenoxy) is 1. The Morgan fingerprint density at radius 2 is 1.81 bits per heavy atom. The number of para-hydroxylation sites is 1. The third-order valence-electron chi connectivity index (χ3n) is 5.40. The van der Waals surface area contributed by atoms with E-state index in [1.807, 2.05) is 48.1 Å². The molecule has 0 amide bonds. The molecule has 0 fully saturated rings. The number of nitrogens with zero attached hydrogens (tertiary/aromatic N) is 3. The van der Waals surface area contributed by atoms with E-state index in [1.54, 1.807) is 7.05 Å². The van der Waals surface area contributed by atoms with Gasteiger partial charge in [-0.25, -0.2) is 0 Å². The highest BCUT2D eigenvalue weighted by molar-refractivity contribution is 5.80. The van der Waals surface area contributed by atoms with E-state index in [0.29, 0.717) is 13.2 Å². The van der Waals surface area contributed by atoms with E-state index in [1.165, 1.54) is 11.3 Å². The lowest BCUT2D eigenvalue weighted by Gasteiger charge is -2.18. The summed E-state index contributed by atoms with van der Waals surface area (Å²) in [4.78, 5) is 4.35. The molecular formula is C25H33N5O. The number of hydrogen-bond donors (Lipinski definition) is 2. The molecule has 2 N–H and O–H groups in total. The topological polar surface area (TPSA) is 63.5 Å². The molecule has 3 rings (SSSR count). The summed E-state index contributed by atoms with van der Waals surface area (Å²) in [5.41, 5.74) is 5.83. The number of aryl methyl sites for hydroxylation is 2. The lowest BCUT2D eigenvalue weighted by molar-refractivity contribution is 0.323. The maximum absolute atomic E-state index is 6.07. The van der Waals surface area contributed by atoms with E-state index in [-0.39, 0.29) is 6.04 Å². The van der Waals surface area contributed by atoms with Gasteiger partial charge in [0.15, 0.2) is 5.96 Å². The Balaban J connectivity index is 1.50. The lowest BCUT2D eigenvalue weighted by atomic mass is 10.1. The van der Waals surface area contributed by atoms with Crippen molar-refractivity contribution in [1.82, 2.24) is 20.4 Å². The zero-order valence-electron chi connectivity index (χ0n) is 19.1. The molecule has 6 heteroatoms. The molecule has 1 aromatic heterocycles. The number of aliphatic imine (C=N–C) groups is 1. The van der Waals surface area contributed by atoms with Gasteiger partial charge >= 0.3 is 0 Å². The molecular weight excluding hydrogens is 386 g/mol. The van der Waals surface area contributed by atoms with E-state index in [0.717, 1.165) is 35.0 Å². The largest absolute Gasteiger partial charge is 0.491 e. The fraction of sp³-hybridized carbons (Fsp3) is 0.360. The molecule has 6 nitrogen and oxygen atoms in total. The normalized spacial score (nSPS) is 12.5. The molecule has 1 atom stereocenters. The van der Waals surface area contributed by atoms with Crippen LogP contribution in [0.15, 0.2) is 59.6 Å². The molecule has 0 radical (unpaired) electrons. The van der Waals surface area contributed by atoms with Crippen molar-refractivity contribution in [2.75, 3.05) is 20.2 Å². The van der Waals surface area contributed by atoms with Crippen molar-refractivity contribution >= 4 is 5.96 Å². The molecule has 0 saturated carbocycles. The van der Waals surface area contributed by atoms with Crippen LogP contribution < -0.4 is 15.4 Å². The smallest absolute Gasteiger partial charge is 0.191 e. The average Bonchev–Trinajstić information content (AvgIpc) is 3.02. The van der Waals surface area contributed by atoms with Crippen LogP contribution in [-0.4, -0.2) is 42.0 Å². The van der Waals surface area contributed by atoms with Crippen molar-refractivity contribution in [1.29, 1.82) is 0 Å². The van der Waals surface area contributed by atoms with Crippen LogP contribution in [0.5, 0.6) is 5.75 Å². The maximum atomic E-state index is 6.07. The Bertz CT molecular complexity index is 1010. The number of hydrogen-bond acceptors (Lipinski definition) is 3. The summed E-state index contributed by atoms with van der Waals surface area (Å²) in [6.07, 6.45) is 0.896. The number of guanidine groups is 1. The average molecular weight is 420 g/mol. The highest BCUT2D eigenvalue weighted by Crippen LogP contribution is 2.29. The van der Waals surface area contributed by atoms with Crippen molar-refractivity contribution in [2.24, 2.45) is 12.0 Å². The van der Waals surface area contributed by atoms with Gasteiger partial charge < -0.3 is 15.4 Å². The Morgan fingerprint density at radius 3 is 2.48 bits per heavy atom. The minimum atomic E-state index is 0.229. The predicted octanol–water partition coefficient (Wildman–Crippen LogP) is 3.88.